The van der Waals surface area contributed by atoms with E-state index in [1.165, 1.54) is 0 Å². The van der Waals surface area contributed by atoms with E-state index in [2.05, 4.69) is 9.59 Å². The molecular weight excluding hydrogens is 207 g/mol. The number of carbonyl (C=O) groups excluding carboxylic acids is 1. The van der Waals surface area contributed by atoms with Gasteiger partial charge in [0.2, 0.25) is 0 Å². The van der Waals surface area contributed by atoms with E-state index in [0.29, 0.717) is 0 Å². The number of nitrogens with one attached hydrogen (secondary N) is 1. The molecule has 0 aliphatic heterocycles. The van der Waals surface area contributed by atoms with Gasteiger partial charge in [0.15, 0.2) is 0 Å². The van der Waals surface area contributed by atoms with Crippen molar-refractivity contribution in [3.05, 3.63) is 11.1 Å². The minimum absolute atomic E-state index is 0.0595. The largest absolute Gasteiger partial charge is 0.405 e. The number of carbonyl (C=O) groups is 1. The zero-order valence-electron chi connectivity index (χ0n) is 6.13. The third-order valence-electron chi connectivity index (χ3n) is 1.03. The Morgan fingerprint density at radius 3 is 2.77 bits per heavy atom. The van der Waals surface area contributed by atoms with Crippen LogP contribution in [0.1, 0.15) is 9.67 Å². The molecule has 13 heavy (non-hydrogen) atoms. The Morgan fingerprint density at radius 1 is 1.62 bits per heavy atom. The molecule has 8 heteroatoms. The van der Waals surface area contributed by atoms with Crippen molar-refractivity contribution in [3.8, 4) is 0 Å². The average Bonchev–Trinajstić information content (AvgIpc) is 2.50. The molecule has 72 valence electrons. The van der Waals surface area contributed by atoms with E-state index >= 15 is 0 Å². The van der Waals surface area contributed by atoms with Gasteiger partial charge in [-0.15, -0.1) is 5.10 Å². The normalized spacial score (nSPS) is 11.3. The number of rotatable bonds is 2. The summed E-state index contributed by atoms with van der Waals surface area (Å²) in [5.74, 6) is -0.813. The van der Waals surface area contributed by atoms with Crippen LogP contribution in [0, 0.1) is 0 Å². The molecule has 1 amide bonds. The number of alkyl halides is 3. The molecule has 0 aliphatic rings. The van der Waals surface area contributed by atoms with Crippen LogP contribution in [0.5, 0.6) is 0 Å². The predicted octanol–water partition coefficient (Wildman–Crippen LogP) is 0.830. The number of halogens is 3. The van der Waals surface area contributed by atoms with Gasteiger partial charge in [-0.3, -0.25) is 4.79 Å². The lowest BCUT2D eigenvalue weighted by molar-refractivity contribution is -0.123. The molecule has 0 radical (unpaired) electrons. The fourth-order valence-electron chi connectivity index (χ4n) is 0.535. The first-order valence-electron chi connectivity index (χ1n) is 3.11. The van der Waals surface area contributed by atoms with Crippen molar-refractivity contribution in [2.75, 3.05) is 6.54 Å². The maximum absolute atomic E-state index is 11.6. The van der Waals surface area contributed by atoms with Crippen LogP contribution < -0.4 is 5.32 Å². The Morgan fingerprint density at radius 2 is 2.31 bits per heavy atom. The number of hydrogen-bond acceptors (Lipinski definition) is 4. The molecule has 0 saturated carbocycles. The summed E-state index contributed by atoms with van der Waals surface area (Å²) in [6.45, 7) is -1.34. The number of nitrogens with zero attached hydrogens (tertiary/aromatic N) is 2. The minimum Gasteiger partial charge on any atom is -0.342 e. The summed E-state index contributed by atoms with van der Waals surface area (Å²) in [5.41, 5.74) is 0. The highest BCUT2D eigenvalue weighted by atomic mass is 32.1. The monoisotopic (exact) mass is 211 g/mol. The molecular formula is C5H4F3N3OS. The zero-order valence-corrected chi connectivity index (χ0v) is 6.95. The first-order valence-corrected chi connectivity index (χ1v) is 3.89. The summed E-state index contributed by atoms with van der Waals surface area (Å²) in [6.07, 6.45) is -3.29. The lowest BCUT2D eigenvalue weighted by atomic mass is 10.5. The molecule has 1 aromatic heterocycles. The Bertz CT molecular complexity index is 284. The summed E-state index contributed by atoms with van der Waals surface area (Å²) >= 11 is 0.741. The third kappa shape index (κ3) is 3.36. The van der Waals surface area contributed by atoms with Crippen LogP contribution >= 0.6 is 11.5 Å². The number of amides is 1. The van der Waals surface area contributed by atoms with Crippen LogP contribution in [-0.4, -0.2) is 28.2 Å². The molecule has 0 bridgehead atoms. The van der Waals surface area contributed by atoms with E-state index in [0.717, 1.165) is 17.7 Å². The average molecular weight is 211 g/mol. The zero-order chi connectivity index (χ0) is 9.90. The van der Waals surface area contributed by atoms with Gasteiger partial charge < -0.3 is 5.32 Å². The Hall–Kier alpha value is -1.18. The summed E-state index contributed by atoms with van der Waals surface area (Å²) in [7, 11) is 0. The van der Waals surface area contributed by atoms with Crippen molar-refractivity contribution in [3.63, 3.8) is 0 Å². The van der Waals surface area contributed by atoms with Gasteiger partial charge in [-0.1, -0.05) is 4.49 Å². The minimum atomic E-state index is -4.40. The summed E-state index contributed by atoms with van der Waals surface area (Å²) in [4.78, 5) is 10.9. The molecule has 0 saturated heterocycles. The Labute approximate surface area is 74.9 Å². The van der Waals surface area contributed by atoms with Gasteiger partial charge in [-0.25, -0.2) is 0 Å². The molecule has 1 N–H and O–H groups in total. The van der Waals surface area contributed by atoms with Crippen LogP contribution in [0.2, 0.25) is 0 Å². The van der Waals surface area contributed by atoms with Gasteiger partial charge in [0, 0.05) is 0 Å². The molecule has 0 spiro atoms. The Kier molecular flexibility index (Phi) is 2.81. The fourth-order valence-corrected chi connectivity index (χ4v) is 0.966. The van der Waals surface area contributed by atoms with Crippen molar-refractivity contribution >= 4 is 17.4 Å². The van der Waals surface area contributed by atoms with E-state index in [1.54, 1.807) is 5.32 Å². The molecule has 0 unspecified atom stereocenters. The van der Waals surface area contributed by atoms with Crippen LogP contribution in [0.25, 0.3) is 0 Å². The van der Waals surface area contributed by atoms with Gasteiger partial charge in [0.05, 0.1) is 6.20 Å². The third-order valence-corrected chi connectivity index (χ3v) is 1.70. The van der Waals surface area contributed by atoms with Crippen molar-refractivity contribution in [1.29, 1.82) is 0 Å². The molecule has 0 atom stereocenters. The van der Waals surface area contributed by atoms with E-state index in [4.69, 9.17) is 0 Å². The molecule has 0 aromatic carbocycles. The van der Waals surface area contributed by atoms with E-state index < -0.39 is 18.6 Å². The highest BCUT2D eigenvalue weighted by molar-refractivity contribution is 7.07. The van der Waals surface area contributed by atoms with Gasteiger partial charge in [-0.05, 0) is 11.5 Å². The van der Waals surface area contributed by atoms with Crippen LogP contribution in [-0.2, 0) is 0 Å². The lowest BCUT2D eigenvalue weighted by Crippen LogP contribution is -2.33. The number of hydrogen-bond donors (Lipinski definition) is 1. The predicted molar refractivity (Wildman–Crippen MR) is 38.3 cm³/mol. The standard InChI is InChI=1S/C5H4F3N3OS/c6-5(7,8)2-9-4(12)3-1-10-11-13-3/h1H,2H2,(H,9,12). The summed E-state index contributed by atoms with van der Waals surface area (Å²) < 4.78 is 38.2. The molecule has 1 heterocycles. The maximum atomic E-state index is 11.6. The maximum Gasteiger partial charge on any atom is 0.405 e. The summed E-state index contributed by atoms with van der Waals surface area (Å²) in [6, 6.07) is 0. The van der Waals surface area contributed by atoms with Crippen molar-refractivity contribution < 1.29 is 18.0 Å². The van der Waals surface area contributed by atoms with E-state index in [9.17, 15) is 18.0 Å². The number of aromatic nitrogens is 2. The molecule has 4 nitrogen and oxygen atoms in total. The topological polar surface area (TPSA) is 54.9 Å². The van der Waals surface area contributed by atoms with E-state index in [-0.39, 0.29) is 4.88 Å². The molecule has 1 aromatic rings. The van der Waals surface area contributed by atoms with Gasteiger partial charge in [0.25, 0.3) is 5.91 Å². The van der Waals surface area contributed by atoms with Gasteiger partial charge in [0.1, 0.15) is 11.4 Å². The first kappa shape index (κ1) is 9.90. The van der Waals surface area contributed by atoms with Crippen molar-refractivity contribution in [1.82, 2.24) is 14.9 Å². The quantitative estimate of drug-likeness (QED) is 0.788. The second-order valence-corrected chi connectivity index (χ2v) is 2.87. The second-order valence-electron chi connectivity index (χ2n) is 2.08. The van der Waals surface area contributed by atoms with Crippen molar-refractivity contribution in [2.24, 2.45) is 0 Å². The molecule has 0 aliphatic carbocycles. The molecule has 0 fully saturated rings. The van der Waals surface area contributed by atoms with Crippen LogP contribution in [0.4, 0.5) is 13.2 Å². The Balaban J connectivity index is 2.44. The molecule has 1 rings (SSSR count). The second kappa shape index (κ2) is 3.69. The van der Waals surface area contributed by atoms with Gasteiger partial charge >= 0.3 is 6.18 Å². The highest BCUT2D eigenvalue weighted by Gasteiger charge is 2.28. The smallest absolute Gasteiger partial charge is 0.342 e. The van der Waals surface area contributed by atoms with Crippen LogP contribution in [0.3, 0.4) is 0 Å². The fraction of sp³-hybridized carbons (Fsp3) is 0.400. The first-order chi connectivity index (χ1) is 5.99. The SMILES string of the molecule is O=C(NCC(F)(F)F)c1cnns1. The van der Waals surface area contributed by atoms with Crippen LogP contribution in [0.15, 0.2) is 6.20 Å². The highest BCUT2D eigenvalue weighted by Crippen LogP contribution is 2.12. The summed E-state index contributed by atoms with van der Waals surface area (Å²) in [5, 5.41) is 5.01. The lowest BCUT2D eigenvalue weighted by Gasteiger charge is -2.05. The van der Waals surface area contributed by atoms with Crippen molar-refractivity contribution in [2.45, 2.75) is 6.18 Å². The van der Waals surface area contributed by atoms with Gasteiger partial charge in [-0.2, -0.15) is 13.2 Å². The van der Waals surface area contributed by atoms with E-state index in [1.807, 2.05) is 0 Å².